The van der Waals surface area contributed by atoms with Gasteiger partial charge < -0.3 is 4.74 Å². The standard InChI is InChI=1S/C13H22O2/c1-4-7-8-9-11-12(10-5-2)13(14)15-6-3/h9H,4-8,10H2,1-3H3. The van der Waals surface area contributed by atoms with E-state index in [2.05, 4.69) is 12.7 Å². The van der Waals surface area contributed by atoms with E-state index in [0.717, 1.165) is 25.7 Å². The van der Waals surface area contributed by atoms with Gasteiger partial charge in [-0.25, -0.2) is 4.79 Å². The van der Waals surface area contributed by atoms with Crippen molar-refractivity contribution in [1.82, 2.24) is 0 Å². The van der Waals surface area contributed by atoms with Gasteiger partial charge in [0.05, 0.1) is 12.2 Å². The molecule has 0 atom stereocenters. The van der Waals surface area contributed by atoms with Gasteiger partial charge in [-0.15, -0.1) is 5.73 Å². The molecule has 0 aromatic rings. The number of hydrogen-bond donors (Lipinski definition) is 0. The van der Waals surface area contributed by atoms with Crippen molar-refractivity contribution < 1.29 is 9.53 Å². The van der Waals surface area contributed by atoms with Crippen LogP contribution in [0.3, 0.4) is 0 Å². The van der Waals surface area contributed by atoms with Crippen LogP contribution in [0.2, 0.25) is 0 Å². The molecule has 0 aliphatic rings. The molecule has 0 aromatic heterocycles. The molecule has 86 valence electrons. The van der Waals surface area contributed by atoms with E-state index in [-0.39, 0.29) is 5.97 Å². The second kappa shape index (κ2) is 9.54. The average Bonchev–Trinajstić information content (AvgIpc) is 2.23. The molecule has 15 heavy (non-hydrogen) atoms. The van der Waals surface area contributed by atoms with E-state index in [1.165, 1.54) is 6.42 Å². The highest BCUT2D eigenvalue weighted by molar-refractivity contribution is 5.88. The van der Waals surface area contributed by atoms with Gasteiger partial charge in [-0.05, 0) is 32.3 Å². The van der Waals surface area contributed by atoms with Gasteiger partial charge in [0, 0.05) is 0 Å². The van der Waals surface area contributed by atoms with Crippen LogP contribution < -0.4 is 0 Å². The summed E-state index contributed by atoms with van der Waals surface area (Å²) in [4.78, 5) is 11.5. The zero-order valence-corrected chi connectivity index (χ0v) is 10.1. The first-order chi connectivity index (χ1) is 7.26. The van der Waals surface area contributed by atoms with Crippen molar-refractivity contribution in [3.8, 4) is 0 Å². The van der Waals surface area contributed by atoms with E-state index in [9.17, 15) is 4.79 Å². The van der Waals surface area contributed by atoms with Gasteiger partial charge in [-0.3, -0.25) is 0 Å². The van der Waals surface area contributed by atoms with Crippen LogP contribution in [0.4, 0.5) is 0 Å². The van der Waals surface area contributed by atoms with Crippen LogP contribution in [0.5, 0.6) is 0 Å². The van der Waals surface area contributed by atoms with Crippen LogP contribution in [0.1, 0.15) is 52.9 Å². The molecule has 0 rings (SSSR count). The van der Waals surface area contributed by atoms with Crippen LogP contribution in [0.25, 0.3) is 0 Å². The van der Waals surface area contributed by atoms with E-state index in [1.807, 2.05) is 19.9 Å². The van der Waals surface area contributed by atoms with Crippen molar-refractivity contribution in [2.75, 3.05) is 6.61 Å². The lowest BCUT2D eigenvalue weighted by molar-refractivity contribution is -0.138. The lowest BCUT2D eigenvalue weighted by Crippen LogP contribution is -2.06. The molecule has 0 aliphatic heterocycles. The first-order valence-corrected chi connectivity index (χ1v) is 5.87. The molecule has 0 fully saturated rings. The van der Waals surface area contributed by atoms with Crippen molar-refractivity contribution in [3.63, 3.8) is 0 Å². The molecule has 0 spiro atoms. The van der Waals surface area contributed by atoms with Gasteiger partial charge in [0.2, 0.25) is 0 Å². The Morgan fingerprint density at radius 2 is 2.00 bits per heavy atom. The fraction of sp³-hybridized carbons (Fsp3) is 0.692. The molecule has 0 saturated carbocycles. The number of esters is 1. The molecule has 0 amide bonds. The molecular weight excluding hydrogens is 188 g/mol. The molecule has 2 nitrogen and oxygen atoms in total. The zero-order chi connectivity index (χ0) is 11.5. The van der Waals surface area contributed by atoms with Crippen LogP contribution in [0.15, 0.2) is 17.4 Å². The second-order valence-corrected chi connectivity index (χ2v) is 3.44. The maximum absolute atomic E-state index is 11.5. The highest BCUT2D eigenvalue weighted by Crippen LogP contribution is 2.06. The Bertz CT molecular complexity index is 235. The molecule has 0 radical (unpaired) electrons. The van der Waals surface area contributed by atoms with Crippen molar-refractivity contribution >= 4 is 5.97 Å². The van der Waals surface area contributed by atoms with Gasteiger partial charge in [0.1, 0.15) is 0 Å². The van der Waals surface area contributed by atoms with Gasteiger partial charge in [-0.2, -0.15) is 0 Å². The molecule has 2 heteroatoms. The molecule has 0 unspecified atom stereocenters. The Kier molecular flexibility index (Phi) is 8.90. The zero-order valence-electron chi connectivity index (χ0n) is 10.1. The van der Waals surface area contributed by atoms with E-state index >= 15 is 0 Å². The summed E-state index contributed by atoms with van der Waals surface area (Å²) in [5.74, 6) is -0.216. The summed E-state index contributed by atoms with van der Waals surface area (Å²) in [7, 11) is 0. The third kappa shape index (κ3) is 6.98. The summed E-state index contributed by atoms with van der Waals surface area (Å²) in [6.45, 7) is 6.45. The second-order valence-electron chi connectivity index (χ2n) is 3.44. The molecule has 0 N–H and O–H groups in total. The Hall–Kier alpha value is -1.01. The van der Waals surface area contributed by atoms with Gasteiger partial charge >= 0.3 is 5.97 Å². The topological polar surface area (TPSA) is 26.3 Å². The fourth-order valence-electron chi connectivity index (χ4n) is 1.20. The Labute approximate surface area is 93.0 Å². The number of rotatable bonds is 7. The summed E-state index contributed by atoms with van der Waals surface area (Å²) in [6, 6.07) is 0. The molecule has 0 aliphatic carbocycles. The lowest BCUT2D eigenvalue weighted by Gasteiger charge is -2.02. The van der Waals surface area contributed by atoms with Crippen molar-refractivity contribution in [2.45, 2.75) is 52.9 Å². The Morgan fingerprint density at radius 1 is 1.27 bits per heavy atom. The summed E-state index contributed by atoms with van der Waals surface area (Å²) >= 11 is 0. The smallest absolute Gasteiger partial charge is 0.341 e. The predicted molar refractivity (Wildman–Crippen MR) is 62.7 cm³/mol. The highest BCUT2D eigenvalue weighted by Gasteiger charge is 2.07. The Morgan fingerprint density at radius 3 is 2.53 bits per heavy atom. The monoisotopic (exact) mass is 210 g/mol. The van der Waals surface area contributed by atoms with Gasteiger partial charge in [0.15, 0.2) is 0 Å². The van der Waals surface area contributed by atoms with E-state index < -0.39 is 0 Å². The van der Waals surface area contributed by atoms with Crippen molar-refractivity contribution in [3.05, 3.63) is 17.4 Å². The van der Waals surface area contributed by atoms with E-state index in [0.29, 0.717) is 12.2 Å². The number of hydrogen-bond acceptors (Lipinski definition) is 2. The fourth-order valence-corrected chi connectivity index (χ4v) is 1.20. The maximum Gasteiger partial charge on any atom is 0.341 e. The molecule has 0 bridgehead atoms. The number of carbonyl (C=O) groups excluding carboxylic acids is 1. The normalized spacial score (nSPS) is 9.27. The number of carbonyl (C=O) groups is 1. The molecule has 0 aromatic carbocycles. The van der Waals surface area contributed by atoms with Crippen LogP contribution in [-0.4, -0.2) is 12.6 Å². The maximum atomic E-state index is 11.5. The third-order valence-electron chi connectivity index (χ3n) is 2.00. The van der Waals surface area contributed by atoms with E-state index in [4.69, 9.17) is 4.74 Å². The minimum Gasteiger partial charge on any atom is -0.462 e. The summed E-state index contributed by atoms with van der Waals surface area (Å²) in [6.07, 6.45) is 6.95. The highest BCUT2D eigenvalue weighted by atomic mass is 16.5. The first-order valence-electron chi connectivity index (χ1n) is 5.87. The minimum atomic E-state index is -0.216. The van der Waals surface area contributed by atoms with Crippen LogP contribution >= 0.6 is 0 Å². The largest absolute Gasteiger partial charge is 0.462 e. The average molecular weight is 210 g/mol. The summed E-state index contributed by atoms with van der Waals surface area (Å²) in [5, 5.41) is 0. The van der Waals surface area contributed by atoms with Crippen LogP contribution in [0, 0.1) is 0 Å². The summed E-state index contributed by atoms with van der Waals surface area (Å²) in [5.41, 5.74) is 3.73. The molecular formula is C13H22O2. The first kappa shape index (κ1) is 14.0. The molecule has 0 heterocycles. The SMILES string of the molecule is CCCCC=C=C(CCC)C(=O)OCC. The number of unbranched alkanes of at least 4 members (excludes halogenated alkanes) is 2. The van der Waals surface area contributed by atoms with E-state index in [1.54, 1.807) is 0 Å². The van der Waals surface area contributed by atoms with Crippen molar-refractivity contribution in [1.29, 1.82) is 0 Å². The molecule has 0 saturated heterocycles. The number of ether oxygens (including phenoxy) is 1. The lowest BCUT2D eigenvalue weighted by atomic mass is 10.1. The van der Waals surface area contributed by atoms with Crippen LogP contribution in [-0.2, 0) is 9.53 Å². The summed E-state index contributed by atoms with van der Waals surface area (Å²) < 4.78 is 4.96. The minimum absolute atomic E-state index is 0.216. The third-order valence-corrected chi connectivity index (χ3v) is 2.00. The quantitative estimate of drug-likeness (QED) is 0.277. The van der Waals surface area contributed by atoms with Gasteiger partial charge in [-0.1, -0.05) is 26.7 Å². The Balaban J connectivity index is 4.35. The van der Waals surface area contributed by atoms with Crippen molar-refractivity contribution in [2.24, 2.45) is 0 Å². The predicted octanol–water partition coefficient (Wildman–Crippen LogP) is 3.62. The van der Waals surface area contributed by atoms with Gasteiger partial charge in [0.25, 0.3) is 0 Å².